The molecule has 0 fully saturated rings. The number of halogens is 2. The van der Waals surface area contributed by atoms with Crippen molar-refractivity contribution in [2.24, 2.45) is 10.7 Å². The Morgan fingerprint density at radius 3 is 2.45 bits per heavy atom. The number of phenolic OH excluding ortho intramolecular Hbond substituents is 1. The van der Waals surface area contributed by atoms with Crippen LogP contribution in [0.15, 0.2) is 47.5 Å². The normalized spacial score (nSPS) is 14.3. The van der Waals surface area contributed by atoms with Crippen molar-refractivity contribution in [3.8, 4) is 34.8 Å². The van der Waals surface area contributed by atoms with Gasteiger partial charge >= 0.3 is 5.97 Å². The second kappa shape index (κ2) is 11.4. The number of carboxylic acids is 1. The van der Waals surface area contributed by atoms with Crippen molar-refractivity contribution in [3.05, 3.63) is 65.2 Å². The van der Waals surface area contributed by atoms with Crippen LogP contribution in [-0.2, 0) is 4.79 Å². The zero-order valence-electron chi connectivity index (χ0n) is 21.3. The van der Waals surface area contributed by atoms with Crippen LogP contribution in [0, 0.1) is 17.0 Å². The molecule has 0 aliphatic carbocycles. The van der Waals surface area contributed by atoms with Crippen molar-refractivity contribution >= 4 is 17.6 Å². The van der Waals surface area contributed by atoms with Gasteiger partial charge in [0.2, 0.25) is 23.5 Å². The maximum absolute atomic E-state index is 15.5. The maximum atomic E-state index is 15.5. The van der Waals surface area contributed by atoms with E-state index in [0.717, 1.165) is 19.1 Å². The molecule has 1 aliphatic rings. The van der Waals surface area contributed by atoms with Crippen molar-refractivity contribution in [2.45, 2.75) is 19.1 Å². The molecule has 1 aliphatic heterocycles. The lowest BCUT2D eigenvalue weighted by Crippen LogP contribution is -2.37. The monoisotopic (exact) mass is 557 g/mol. The Labute approximate surface area is 226 Å². The summed E-state index contributed by atoms with van der Waals surface area (Å²) in [4.78, 5) is 21.7. The Kier molecular flexibility index (Phi) is 8.00. The topological polar surface area (TPSA) is 184 Å². The summed E-state index contributed by atoms with van der Waals surface area (Å²) >= 11 is 0. The Balaban J connectivity index is 1.80. The number of carbonyl (C=O) groups is 1. The van der Waals surface area contributed by atoms with E-state index in [1.165, 1.54) is 12.1 Å². The highest BCUT2D eigenvalue weighted by molar-refractivity contribution is 6.00. The lowest BCUT2D eigenvalue weighted by molar-refractivity contribution is -0.150. The summed E-state index contributed by atoms with van der Waals surface area (Å²) < 4.78 is 47.0. The average Bonchev–Trinajstić information content (AvgIpc) is 3.33. The second-order valence-corrected chi connectivity index (χ2v) is 8.75. The first-order chi connectivity index (χ1) is 19.0. The molecule has 2 aromatic carbocycles. The number of likely N-dealkylation sites (N-methyl/N-ethyl adjacent to an activating group) is 1. The molecule has 0 amide bonds. The van der Waals surface area contributed by atoms with E-state index in [0.29, 0.717) is 24.5 Å². The standard InChI is InChI=1S/C26H25F2N5O7/c1-12(34)20(26(36)37)40-21-18(27)24(38-15-5-3-4-14(10-15)23-31-8-9-33(23)2)32-25(19(21)28)39-17-11-13(22(29)30)6-7-16(17)35/h3-7,10-12,20,34-35H,8-9H2,1-2H3,(H3,29,30)(H,36,37). The molecule has 0 saturated carbocycles. The van der Waals surface area contributed by atoms with Gasteiger partial charge in [0.1, 0.15) is 17.4 Å². The van der Waals surface area contributed by atoms with Gasteiger partial charge in [0.05, 0.1) is 12.6 Å². The number of nitrogen functional groups attached to an aromatic ring is 1. The zero-order chi connectivity index (χ0) is 29.1. The Bertz CT molecular complexity index is 1500. The zero-order valence-corrected chi connectivity index (χ0v) is 21.3. The number of ether oxygens (including phenoxy) is 3. The molecule has 4 rings (SSSR count). The SMILES string of the molecule is CC(O)C(Oc1c(F)c(Oc2cccc(C3=NCCN3C)c2)nc(Oc2cc(C(=N)N)ccc2O)c1F)C(=O)O. The predicted molar refractivity (Wildman–Crippen MR) is 138 cm³/mol. The number of phenols is 1. The molecule has 1 aromatic heterocycles. The van der Waals surface area contributed by atoms with Crippen molar-refractivity contribution in [1.82, 2.24) is 9.88 Å². The summed E-state index contributed by atoms with van der Waals surface area (Å²) in [5, 5.41) is 36.9. The number of amidine groups is 2. The van der Waals surface area contributed by atoms with Crippen molar-refractivity contribution in [2.75, 3.05) is 20.1 Å². The number of aliphatic imine (C=N–C) groups is 1. The van der Waals surface area contributed by atoms with Gasteiger partial charge in [-0.25, -0.2) is 4.79 Å². The highest BCUT2D eigenvalue weighted by atomic mass is 19.1. The molecule has 0 radical (unpaired) electrons. The molecule has 2 heterocycles. The smallest absolute Gasteiger partial charge is 0.347 e. The molecule has 2 atom stereocenters. The molecular weight excluding hydrogens is 532 g/mol. The molecular formula is C26H25F2N5O7. The van der Waals surface area contributed by atoms with Crippen LogP contribution in [0.2, 0.25) is 0 Å². The number of nitrogens with one attached hydrogen (secondary N) is 1. The van der Waals surface area contributed by atoms with Crippen LogP contribution in [0.3, 0.4) is 0 Å². The number of hydrogen-bond donors (Lipinski definition) is 5. The average molecular weight is 558 g/mol. The summed E-state index contributed by atoms with van der Waals surface area (Å²) in [6, 6.07) is 9.95. The fourth-order valence-corrected chi connectivity index (χ4v) is 3.72. The van der Waals surface area contributed by atoms with Crippen LogP contribution in [-0.4, -0.2) is 75.2 Å². The Hall–Kier alpha value is -4.98. The van der Waals surface area contributed by atoms with Crippen LogP contribution in [0.5, 0.6) is 34.8 Å². The van der Waals surface area contributed by atoms with Gasteiger partial charge in [0, 0.05) is 24.7 Å². The minimum Gasteiger partial charge on any atom is -0.504 e. The van der Waals surface area contributed by atoms with Crippen molar-refractivity contribution in [3.63, 3.8) is 0 Å². The molecule has 0 bridgehead atoms. The summed E-state index contributed by atoms with van der Waals surface area (Å²) in [5.41, 5.74) is 6.23. The van der Waals surface area contributed by atoms with Crippen LogP contribution in [0.1, 0.15) is 18.1 Å². The number of nitrogens with two attached hydrogens (primary N) is 1. The molecule has 14 heteroatoms. The molecule has 12 nitrogen and oxygen atoms in total. The number of aliphatic hydroxyl groups excluding tert-OH is 1. The third-order valence-electron chi connectivity index (χ3n) is 5.75. The first-order valence-corrected chi connectivity index (χ1v) is 11.8. The van der Waals surface area contributed by atoms with E-state index < -0.39 is 58.8 Å². The van der Waals surface area contributed by atoms with E-state index in [-0.39, 0.29) is 17.1 Å². The molecule has 210 valence electrons. The predicted octanol–water partition coefficient (Wildman–Crippen LogP) is 2.84. The number of benzene rings is 2. The number of carboxylic acid groups (broad SMARTS) is 1. The van der Waals surface area contributed by atoms with Gasteiger partial charge in [-0.2, -0.15) is 13.8 Å². The van der Waals surface area contributed by atoms with Gasteiger partial charge < -0.3 is 40.2 Å². The van der Waals surface area contributed by atoms with Gasteiger partial charge in [-0.15, -0.1) is 0 Å². The van der Waals surface area contributed by atoms with Gasteiger partial charge in [0.15, 0.2) is 11.5 Å². The van der Waals surface area contributed by atoms with Gasteiger partial charge in [-0.05, 0) is 37.3 Å². The molecule has 40 heavy (non-hydrogen) atoms. The molecule has 0 saturated heterocycles. The minimum absolute atomic E-state index is 0.0714. The lowest BCUT2D eigenvalue weighted by atomic mass is 10.2. The minimum atomic E-state index is -2.07. The second-order valence-electron chi connectivity index (χ2n) is 8.75. The van der Waals surface area contributed by atoms with Crippen LogP contribution in [0.4, 0.5) is 8.78 Å². The third-order valence-corrected chi connectivity index (χ3v) is 5.75. The lowest BCUT2D eigenvalue weighted by Gasteiger charge is -2.20. The Morgan fingerprint density at radius 2 is 1.85 bits per heavy atom. The molecule has 3 aromatic rings. The number of aliphatic carboxylic acids is 1. The molecule has 2 unspecified atom stereocenters. The fraction of sp³-hybridized carbons (Fsp3) is 0.231. The van der Waals surface area contributed by atoms with Crippen molar-refractivity contribution in [1.29, 1.82) is 5.41 Å². The first kappa shape index (κ1) is 28.0. The number of rotatable bonds is 10. The van der Waals surface area contributed by atoms with E-state index in [1.807, 2.05) is 11.9 Å². The number of nitrogens with zero attached hydrogens (tertiary/aromatic N) is 3. The van der Waals surface area contributed by atoms with E-state index in [2.05, 4.69) is 9.98 Å². The maximum Gasteiger partial charge on any atom is 0.347 e. The molecule has 0 spiro atoms. The largest absolute Gasteiger partial charge is 0.504 e. The molecule has 6 N–H and O–H groups in total. The number of aromatic nitrogens is 1. The van der Waals surface area contributed by atoms with Gasteiger partial charge in [0.25, 0.3) is 11.8 Å². The van der Waals surface area contributed by atoms with Crippen LogP contribution >= 0.6 is 0 Å². The van der Waals surface area contributed by atoms with Crippen molar-refractivity contribution < 1.29 is 43.1 Å². The van der Waals surface area contributed by atoms with E-state index >= 15 is 8.78 Å². The summed E-state index contributed by atoms with van der Waals surface area (Å²) in [5.74, 6) is -8.42. The summed E-state index contributed by atoms with van der Waals surface area (Å²) in [6.07, 6.45) is -3.74. The van der Waals surface area contributed by atoms with E-state index in [9.17, 15) is 20.1 Å². The van der Waals surface area contributed by atoms with E-state index in [1.54, 1.807) is 18.2 Å². The van der Waals surface area contributed by atoms with Gasteiger partial charge in [-0.3, -0.25) is 10.4 Å². The van der Waals surface area contributed by atoms with E-state index in [4.69, 9.17) is 25.4 Å². The van der Waals surface area contributed by atoms with Crippen LogP contribution in [0.25, 0.3) is 0 Å². The highest BCUT2D eigenvalue weighted by Gasteiger charge is 2.32. The number of aromatic hydroxyl groups is 1. The fourth-order valence-electron chi connectivity index (χ4n) is 3.72. The number of aliphatic hydroxyl groups is 1. The third kappa shape index (κ3) is 5.86. The highest BCUT2D eigenvalue weighted by Crippen LogP contribution is 2.40. The number of hydrogen-bond acceptors (Lipinski definition) is 10. The first-order valence-electron chi connectivity index (χ1n) is 11.8. The quantitative estimate of drug-likeness (QED) is 0.183. The summed E-state index contributed by atoms with van der Waals surface area (Å²) in [6.45, 7) is 2.37. The summed E-state index contributed by atoms with van der Waals surface area (Å²) in [7, 11) is 1.85. The number of pyridine rings is 1. The Morgan fingerprint density at radius 1 is 1.15 bits per heavy atom. The van der Waals surface area contributed by atoms with Crippen LogP contribution < -0.4 is 19.9 Å². The van der Waals surface area contributed by atoms with Gasteiger partial charge in [-0.1, -0.05) is 12.1 Å².